The van der Waals surface area contributed by atoms with Crippen molar-refractivity contribution >= 4 is 11.6 Å². The number of hydrogen-bond donors (Lipinski definition) is 1. The van der Waals surface area contributed by atoms with E-state index in [2.05, 4.69) is 5.32 Å². The van der Waals surface area contributed by atoms with Crippen LogP contribution in [0, 0.1) is 10.1 Å². The summed E-state index contributed by atoms with van der Waals surface area (Å²) in [6.45, 7) is 0.131. The number of carbonyl (C=O) groups is 1. The topological polar surface area (TPSA) is 99.9 Å². The summed E-state index contributed by atoms with van der Waals surface area (Å²) >= 11 is 0. The van der Waals surface area contributed by atoms with Gasteiger partial charge in [-0.05, 0) is 12.1 Å². The molecule has 8 nitrogen and oxygen atoms in total. The molecule has 1 aromatic carbocycles. The Morgan fingerprint density at radius 1 is 1.35 bits per heavy atom. The summed E-state index contributed by atoms with van der Waals surface area (Å²) in [5.41, 5.74) is -0.112. The molecule has 1 rings (SSSR count). The van der Waals surface area contributed by atoms with E-state index in [1.807, 2.05) is 0 Å². The number of nitro groups is 1. The van der Waals surface area contributed by atoms with Crippen LogP contribution in [0.2, 0.25) is 0 Å². The van der Waals surface area contributed by atoms with Gasteiger partial charge in [-0.15, -0.1) is 0 Å². The number of ether oxygens (including phenoxy) is 3. The predicted octanol–water partition coefficient (Wildman–Crippen LogP) is 0.952. The Balaban J connectivity index is 2.83. The van der Waals surface area contributed by atoms with Crippen LogP contribution in [0.25, 0.3) is 0 Å². The second-order valence-electron chi connectivity index (χ2n) is 3.75. The van der Waals surface area contributed by atoms with Crippen molar-refractivity contribution in [2.24, 2.45) is 0 Å². The number of carbonyl (C=O) groups excluding carboxylic acids is 1. The molecule has 0 aliphatic heterocycles. The summed E-state index contributed by atoms with van der Waals surface area (Å²) in [4.78, 5) is 22.1. The lowest BCUT2D eigenvalue weighted by Crippen LogP contribution is -2.34. The fourth-order valence-electron chi connectivity index (χ4n) is 1.51. The lowest BCUT2D eigenvalue weighted by molar-refractivity contribution is -0.385. The van der Waals surface area contributed by atoms with Crippen molar-refractivity contribution in [3.8, 4) is 5.75 Å². The first-order chi connectivity index (χ1) is 9.53. The number of nitrogens with zero attached hydrogens (tertiary/aromatic N) is 1. The molecule has 0 heterocycles. The minimum Gasteiger partial charge on any atom is -0.490 e. The molecule has 0 atom stereocenters. The Bertz CT molecular complexity index is 487. The Morgan fingerprint density at radius 2 is 2.00 bits per heavy atom. The lowest BCUT2D eigenvalue weighted by atomic mass is 10.1. The molecular weight excluding hydrogens is 268 g/mol. The van der Waals surface area contributed by atoms with E-state index in [9.17, 15) is 14.9 Å². The van der Waals surface area contributed by atoms with E-state index in [4.69, 9.17) is 14.2 Å². The van der Waals surface area contributed by atoms with E-state index in [0.29, 0.717) is 0 Å². The minimum absolute atomic E-state index is 0.0956. The highest BCUT2D eigenvalue weighted by atomic mass is 16.7. The number of nitrogens with one attached hydrogen (secondary N) is 1. The van der Waals surface area contributed by atoms with Gasteiger partial charge in [-0.25, -0.2) is 0 Å². The fourth-order valence-corrected chi connectivity index (χ4v) is 1.51. The third-order valence-corrected chi connectivity index (χ3v) is 2.59. The van der Waals surface area contributed by atoms with Gasteiger partial charge in [0.1, 0.15) is 0 Å². The maximum atomic E-state index is 11.9. The molecule has 110 valence electrons. The molecule has 1 aromatic rings. The first kappa shape index (κ1) is 15.9. The SMILES string of the molecule is COc1ccc(C(=O)NCC(OC)OC)cc1[N+](=O)[O-]. The number of hydrogen-bond acceptors (Lipinski definition) is 6. The molecule has 0 fully saturated rings. The first-order valence-electron chi connectivity index (χ1n) is 5.69. The summed E-state index contributed by atoms with van der Waals surface area (Å²) < 4.78 is 14.7. The molecule has 0 radical (unpaired) electrons. The third-order valence-electron chi connectivity index (χ3n) is 2.59. The van der Waals surface area contributed by atoms with Gasteiger partial charge in [0.25, 0.3) is 5.91 Å². The van der Waals surface area contributed by atoms with Crippen LogP contribution in [-0.2, 0) is 9.47 Å². The zero-order valence-corrected chi connectivity index (χ0v) is 11.4. The van der Waals surface area contributed by atoms with Crippen LogP contribution in [0.4, 0.5) is 5.69 Å². The van der Waals surface area contributed by atoms with Crippen molar-refractivity contribution in [1.82, 2.24) is 5.32 Å². The van der Waals surface area contributed by atoms with Crippen molar-refractivity contribution in [3.05, 3.63) is 33.9 Å². The normalized spacial score (nSPS) is 10.4. The Morgan fingerprint density at radius 3 is 2.50 bits per heavy atom. The number of amides is 1. The van der Waals surface area contributed by atoms with E-state index in [0.717, 1.165) is 6.07 Å². The summed E-state index contributed by atoms with van der Waals surface area (Å²) in [5.74, 6) is -0.368. The smallest absolute Gasteiger partial charge is 0.311 e. The summed E-state index contributed by atoms with van der Waals surface area (Å²) in [6.07, 6.45) is -0.577. The number of rotatable bonds is 7. The highest BCUT2D eigenvalue weighted by Gasteiger charge is 2.18. The Hall–Kier alpha value is -2.19. The van der Waals surface area contributed by atoms with Gasteiger partial charge in [-0.2, -0.15) is 0 Å². The van der Waals surface area contributed by atoms with Gasteiger partial charge in [0.05, 0.1) is 18.6 Å². The van der Waals surface area contributed by atoms with Gasteiger partial charge in [-0.3, -0.25) is 14.9 Å². The molecule has 0 saturated heterocycles. The number of methoxy groups -OCH3 is 3. The molecule has 0 bridgehead atoms. The van der Waals surface area contributed by atoms with E-state index < -0.39 is 17.1 Å². The second-order valence-corrected chi connectivity index (χ2v) is 3.75. The quantitative estimate of drug-likeness (QED) is 0.454. The van der Waals surface area contributed by atoms with Crippen LogP contribution in [0.5, 0.6) is 5.75 Å². The minimum atomic E-state index is -0.608. The van der Waals surface area contributed by atoms with E-state index in [-0.39, 0.29) is 23.5 Å². The molecule has 0 spiro atoms. The molecule has 0 aromatic heterocycles. The average molecular weight is 284 g/mol. The molecule has 1 amide bonds. The standard InChI is InChI=1S/C12H16N2O6/c1-18-10-5-4-8(6-9(10)14(16)17)12(15)13-7-11(19-2)20-3/h4-6,11H,7H2,1-3H3,(H,13,15). The van der Waals surface area contributed by atoms with Gasteiger partial charge in [0.15, 0.2) is 12.0 Å². The fraction of sp³-hybridized carbons (Fsp3) is 0.417. The van der Waals surface area contributed by atoms with E-state index in [1.54, 1.807) is 0 Å². The van der Waals surface area contributed by atoms with Crippen LogP contribution in [0.15, 0.2) is 18.2 Å². The average Bonchev–Trinajstić information content (AvgIpc) is 2.47. The largest absolute Gasteiger partial charge is 0.490 e. The van der Waals surface area contributed by atoms with E-state index >= 15 is 0 Å². The first-order valence-corrected chi connectivity index (χ1v) is 5.69. The van der Waals surface area contributed by atoms with Crippen molar-refractivity contribution in [1.29, 1.82) is 0 Å². The van der Waals surface area contributed by atoms with Crippen molar-refractivity contribution in [2.75, 3.05) is 27.9 Å². The second kappa shape index (κ2) is 7.41. The molecule has 0 saturated carbocycles. The summed E-state index contributed by atoms with van der Waals surface area (Å²) in [6, 6.07) is 3.97. The van der Waals surface area contributed by atoms with Crippen LogP contribution in [-0.4, -0.2) is 45.0 Å². The maximum Gasteiger partial charge on any atom is 0.311 e. The predicted molar refractivity (Wildman–Crippen MR) is 69.8 cm³/mol. The van der Waals surface area contributed by atoms with E-state index in [1.165, 1.54) is 33.5 Å². The molecule has 20 heavy (non-hydrogen) atoms. The van der Waals surface area contributed by atoms with Crippen LogP contribution in [0.1, 0.15) is 10.4 Å². The molecular formula is C12H16N2O6. The molecule has 8 heteroatoms. The number of benzene rings is 1. The summed E-state index contributed by atoms with van der Waals surface area (Å²) in [5, 5.41) is 13.4. The lowest BCUT2D eigenvalue weighted by Gasteiger charge is -2.14. The highest BCUT2D eigenvalue weighted by molar-refractivity contribution is 5.95. The zero-order valence-electron chi connectivity index (χ0n) is 11.4. The van der Waals surface area contributed by atoms with Crippen LogP contribution in [0.3, 0.4) is 0 Å². The highest BCUT2D eigenvalue weighted by Crippen LogP contribution is 2.27. The zero-order chi connectivity index (χ0) is 15.1. The van der Waals surface area contributed by atoms with Crippen molar-refractivity contribution in [3.63, 3.8) is 0 Å². The Labute approximate surface area is 115 Å². The van der Waals surface area contributed by atoms with Crippen LogP contribution >= 0.6 is 0 Å². The molecule has 0 aliphatic carbocycles. The van der Waals surface area contributed by atoms with Gasteiger partial charge in [0.2, 0.25) is 0 Å². The molecule has 0 unspecified atom stereocenters. The monoisotopic (exact) mass is 284 g/mol. The van der Waals surface area contributed by atoms with Crippen LogP contribution < -0.4 is 10.1 Å². The van der Waals surface area contributed by atoms with Gasteiger partial charge < -0.3 is 19.5 Å². The third kappa shape index (κ3) is 3.90. The van der Waals surface area contributed by atoms with Gasteiger partial charge in [-0.1, -0.05) is 0 Å². The van der Waals surface area contributed by atoms with Gasteiger partial charge >= 0.3 is 5.69 Å². The molecule has 0 aliphatic rings. The van der Waals surface area contributed by atoms with Gasteiger partial charge in [0, 0.05) is 25.8 Å². The number of nitro benzene ring substituents is 1. The maximum absolute atomic E-state index is 11.9. The van der Waals surface area contributed by atoms with Crippen molar-refractivity contribution < 1.29 is 23.9 Å². The molecule has 1 N–H and O–H groups in total. The van der Waals surface area contributed by atoms with Crippen molar-refractivity contribution in [2.45, 2.75) is 6.29 Å². The summed E-state index contributed by atoms with van der Waals surface area (Å²) in [7, 11) is 4.21. The Kier molecular flexibility index (Phi) is 5.88.